The summed E-state index contributed by atoms with van der Waals surface area (Å²) < 4.78 is 2.56. The number of nitrogens with one attached hydrogen (secondary N) is 1. The van der Waals surface area contributed by atoms with Gasteiger partial charge in [-0.05, 0) is 35.2 Å². The van der Waals surface area contributed by atoms with E-state index in [0.717, 1.165) is 15.1 Å². The molecule has 0 bridgehead atoms. The van der Waals surface area contributed by atoms with Crippen molar-refractivity contribution in [3.63, 3.8) is 0 Å². The minimum Gasteiger partial charge on any atom is -0.350 e. The van der Waals surface area contributed by atoms with Crippen LogP contribution >= 0.6 is 22.9 Å². The molecule has 9 heteroatoms. The molecule has 3 aromatic heterocycles. The van der Waals surface area contributed by atoms with Crippen molar-refractivity contribution in [3.05, 3.63) is 75.1 Å². The molecule has 0 atom stereocenters. The molecule has 27 heavy (non-hydrogen) atoms. The SMILES string of the molecule is O=C(Cn1ncn2nc(-c3cccs3)cc2c1=O)NCc1cccc(Cl)c1. The van der Waals surface area contributed by atoms with E-state index >= 15 is 0 Å². The Hall–Kier alpha value is -2.97. The quantitative estimate of drug-likeness (QED) is 0.559. The van der Waals surface area contributed by atoms with Crippen LogP contribution in [0.2, 0.25) is 5.02 Å². The maximum absolute atomic E-state index is 12.6. The summed E-state index contributed by atoms with van der Waals surface area (Å²) in [5, 5.41) is 13.7. The Morgan fingerprint density at radius 1 is 1.22 bits per heavy atom. The van der Waals surface area contributed by atoms with E-state index in [0.29, 0.717) is 22.8 Å². The van der Waals surface area contributed by atoms with E-state index in [1.807, 2.05) is 29.6 Å². The Morgan fingerprint density at radius 3 is 2.89 bits per heavy atom. The molecule has 7 nitrogen and oxygen atoms in total. The predicted octanol–water partition coefficient (Wildman–Crippen LogP) is 2.59. The zero-order chi connectivity index (χ0) is 18.8. The molecule has 0 aliphatic heterocycles. The van der Waals surface area contributed by atoms with Crippen molar-refractivity contribution in [2.45, 2.75) is 13.1 Å². The topological polar surface area (TPSA) is 81.3 Å². The number of hydrogen-bond acceptors (Lipinski definition) is 5. The summed E-state index contributed by atoms with van der Waals surface area (Å²) in [5.41, 5.74) is 1.58. The van der Waals surface area contributed by atoms with Gasteiger partial charge < -0.3 is 5.32 Å². The molecule has 0 spiro atoms. The molecule has 0 saturated carbocycles. The normalized spacial score (nSPS) is 11.0. The Morgan fingerprint density at radius 2 is 2.11 bits per heavy atom. The number of fused-ring (bicyclic) bond motifs is 1. The van der Waals surface area contributed by atoms with E-state index in [-0.39, 0.29) is 18.0 Å². The van der Waals surface area contributed by atoms with Gasteiger partial charge in [-0.1, -0.05) is 29.8 Å². The van der Waals surface area contributed by atoms with Crippen LogP contribution in [0.1, 0.15) is 5.56 Å². The molecule has 4 aromatic rings. The minimum atomic E-state index is -0.370. The largest absolute Gasteiger partial charge is 0.350 e. The van der Waals surface area contributed by atoms with Gasteiger partial charge in [0.2, 0.25) is 5.91 Å². The van der Waals surface area contributed by atoms with Crippen LogP contribution in [0.4, 0.5) is 0 Å². The highest BCUT2D eigenvalue weighted by molar-refractivity contribution is 7.13. The first-order valence-corrected chi connectivity index (χ1v) is 9.36. The summed E-state index contributed by atoms with van der Waals surface area (Å²) in [4.78, 5) is 25.8. The molecule has 0 fully saturated rings. The van der Waals surface area contributed by atoms with Crippen molar-refractivity contribution in [1.29, 1.82) is 0 Å². The maximum atomic E-state index is 12.6. The van der Waals surface area contributed by atoms with Crippen LogP contribution in [-0.2, 0) is 17.9 Å². The van der Waals surface area contributed by atoms with Crippen molar-refractivity contribution in [1.82, 2.24) is 24.7 Å². The van der Waals surface area contributed by atoms with Gasteiger partial charge in [0.25, 0.3) is 5.56 Å². The van der Waals surface area contributed by atoms with E-state index in [1.54, 1.807) is 18.2 Å². The lowest BCUT2D eigenvalue weighted by molar-refractivity contribution is -0.122. The second kappa shape index (κ2) is 7.34. The lowest BCUT2D eigenvalue weighted by Crippen LogP contribution is -2.34. The monoisotopic (exact) mass is 399 g/mol. The zero-order valence-corrected chi connectivity index (χ0v) is 15.6. The third-order valence-corrected chi connectivity index (χ3v) is 5.06. The molecule has 0 saturated heterocycles. The predicted molar refractivity (Wildman–Crippen MR) is 104 cm³/mol. The van der Waals surface area contributed by atoms with Crippen LogP contribution in [-0.4, -0.2) is 25.3 Å². The van der Waals surface area contributed by atoms with Crippen molar-refractivity contribution in [3.8, 4) is 10.6 Å². The molecule has 1 aromatic carbocycles. The van der Waals surface area contributed by atoms with Crippen molar-refractivity contribution in [2.24, 2.45) is 0 Å². The maximum Gasteiger partial charge on any atom is 0.293 e. The van der Waals surface area contributed by atoms with Crippen LogP contribution < -0.4 is 10.9 Å². The number of thiophene rings is 1. The standard InChI is InChI=1S/C18H14ClN5O2S/c19-13-4-1-3-12(7-13)9-20-17(25)10-23-18(26)15-8-14(16-5-2-6-27-16)22-24(15)11-21-23/h1-8,11H,9-10H2,(H,20,25). The lowest BCUT2D eigenvalue weighted by atomic mass is 10.2. The van der Waals surface area contributed by atoms with Crippen molar-refractivity contribution in [2.75, 3.05) is 0 Å². The average Bonchev–Trinajstić information content (AvgIpc) is 3.32. The molecule has 4 rings (SSSR count). The Labute approximate surface area is 162 Å². The van der Waals surface area contributed by atoms with E-state index in [2.05, 4.69) is 15.5 Å². The number of amides is 1. The second-order valence-corrected chi connectivity index (χ2v) is 7.22. The molecule has 136 valence electrons. The van der Waals surface area contributed by atoms with Gasteiger partial charge in [0, 0.05) is 11.6 Å². The molecule has 3 heterocycles. The molecular formula is C18H14ClN5O2S. The summed E-state index contributed by atoms with van der Waals surface area (Å²) in [6.07, 6.45) is 1.43. The molecular weight excluding hydrogens is 386 g/mol. The number of aromatic nitrogens is 4. The van der Waals surface area contributed by atoms with E-state index in [9.17, 15) is 9.59 Å². The minimum absolute atomic E-state index is 0.171. The van der Waals surface area contributed by atoms with Gasteiger partial charge in [0.1, 0.15) is 24.1 Å². The average molecular weight is 400 g/mol. The van der Waals surface area contributed by atoms with Crippen LogP contribution in [0.25, 0.3) is 16.1 Å². The van der Waals surface area contributed by atoms with Gasteiger partial charge in [0.05, 0.1) is 4.88 Å². The highest BCUT2D eigenvalue weighted by atomic mass is 35.5. The third kappa shape index (κ3) is 3.76. The fourth-order valence-corrected chi connectivity index (χ4v) is 3.53. The third-order valence-electron chi connectivity index (χ3n) is 3.94. The summed E-state index contributed by atoms with van der Waals surface area (Å²) in [6, 6.07) is 12.8. The van der Waals surface area contributed by atoms with Gasteiger partial charge in [-0.3, -0.25) is 9.59 Å². The smallest absolute Gasteiger partial charge is 0.293 e. The van der Waals surface area contributed by atoms with Gasteiger partial charge in [-0.2, -0.15) is 10.2 Å². The van der Waals surface area contributed by atoms with Crippen molar-refractivity contribution >= 4 is 34.4 Å². The lowest BCUT2D eigenvalue weighted by Gasteiger charge is -2.07. The Balaban J connectivity index is 1.51. The van der Waals surface area contributed by atoms with Crippen LogP contribution in [0, 0.1) is 0 Å². The fourth-order valence-electron chi connectivity index (χ4n) is 2.63. The molecule has 0 aliphatic carbocycles. The number of carbonyl (C=O) groups is 1. The number of benzene rings is 1. The summed E-state index contributed by atoms with van der Waals surface area (Å²) >= 11 is 7.47. The molecule has 0 radical (unpaired) electrons. The molecule has 0 unspecified atom stereocenters. The van der Waals surface area contributed by atoms with Crippen LogP contribution in [0.3, 0.4) is 0 Å². The summed E-state index contributed by atoms with van der Waals surface area (Å²) in [7, 11) is 0. The Kier molecular flexibility index (Phi) is 4.74. The first kappa shape index (κ1) is 17.4. The summed E-state index contributed by atoms with van der Waals surface area (Å²) in [5.74, 6) is -0.313. The number of nitrogens with zero attached hydrogens (tertiary/aromatic N) is 4. The first-order valence-electron chi connectivity index (χ1n) is 8.11. The molecule has 1 amide bonds. The highest BCUT2D eigenvalue weighted by Gasteiger charge is 2.12. The fraction of sp³-hybridized carbons (Fsp3) is 0.111. The highest BCUT2D eigenvalue weighted by Crippen LogP contribution is 2.23. The molecule has 0 aliphatic rings. The van der Waals surface area contributed by atoms with E-state index < -0.39 is 0 Å². The number of carbonyl (C=O) groups excluding carboxylic acids is 1. The van der Waals surface area contributed by atoms with Crippen LogP contribution in [0.5, 0.6) is 0 Å². The molecule has 1 N–H and O–H groups in total. The van der Waals surface area contributed by atoms with Crippen LogP contribution in [0.15, 0.2) is 59.0 Å². The van der Waals surface area contributed by atoms with E-state index in [1.165, 1.54) is 22.2 Å². The number of rotatable bonds is 5. The first-order chi connectivity index (χ1) is 13.1. The van der Waals surface area contributed by atoms with Crippen molar-refractivity contribution < 1.29 is 4.79 Å². The number of hydrogen-bond donors (Lipinski definition) is 1. The zero-order valence-electron chi connectivity index (χ0n) is 14.0. The van der Waals surface area contributed by atoms with E-state index in [4.69, 9.17) is 11.6 Å². The van der Waals surface area contributed by atoms with Gasteiger partial charge >= 0.3 is 0 Å². The van der Waals surface area contributed by atoms with Gasteiger partial charge in [-0.15, -0.1) is 11.3 Å². The Bertz CT molecular complexity index is 1170. The van der Waals surface area contributed by atoms with Gasteiger partial charge in [0.15, 0.2) is 0 Å². The summed E-state index contributed by atoms with van der Waals surface area (Å²) in [6.45, 7) is 0.154. The number of halogens is 1. The second-order valence-electron chi connectivity index (χ2n) is 5.84. The van der Waals surface area contributed by atoms with Gasteiger partial charge in [-0.25, -0.2) is 9.20 Å².